The normalized spacial score (nSPS) is 13.5. The van der Waals surface area contributed by atoms with E-state index >= 15 is 0 Å². The molecule has 5 rings (SSSR count). The van der Waals surface area contributed by atoms with E-state index in [0.717, 1.165) is 36.2 Å². The Labute approximate surface area is 301 Å². The van der Waals surface area contributed by atoms with Gasteiger partial charge in [0.15, 0.2) is 0 Å². The fourth-order valence-electron chi connectivity index (χ4n) is 5.54. The molecule has 13 heteroatoms. The van der Waals surface area contributed by atoms with Crippen molar-refractivity contribution in [2.45, 2.75) is 33.7 Å². The van der Waals surface area contributed by atoms with E-state index in [-0.39, 0.29) is 49.0 Å². The summed E-state index contributed by atoms with van der Waals surface area (Å²) in [5.74, 6) is 1.58. The monoisotopic (exact) mass is 719 g/mol. The lowest BCUT2D eigenvalue weighted by atomic mass is 9.90. The number of nitrogens with zero attached hydrogens (tertiary/aromatic N) is 5. The number of aromatic nitrogens is 2. The van der Waals surface area contributed by atoms with E-state index in [1.54, 1.807) is 50.2 Å². The minimum absolute atomic E-state index is 0. The topological polar surface area (TPSA) is 97.3 Å². The number of pyridine rings is 2. The SMILES string of the molecule is CCN1C(=O)C(C)(C)C(=O)N(C)c2cc(OCCCN(CCOc3ccc4cc(OC)ccc4n3)Cc3ccncc3)ccc21.Cl.Cl.Cl. The minimum Gasteiger partial charge on any atom is -0.497 e. The van der Waals surface area contributed by atoms with Gasteiger partial charge in [0.2, 0.25) is 17.7 Å². The second-order valence-corrected chi connectivity index (χ2v) is 11.6. The number of halogens is 3. The molecular weight excluding hydrogens is 677 g/mol. The zero-order valence-electron chi connectivity index (χ0n) is 27.9. The molecule has 0 N–H and O–H groups in total. The molecule has 0 fully saturated rings. The number of amides is 2. The molecule has 1 aliphatic rings. The summed E-state index contributed by atoms with van der Waals surface area (Å²) >= 11 is 0. The van der Waals surface area contributed by atoms with Gasteiger partial charge in [-0.15, -0.1) is 37.2 Å². The van der Waals surface area contributed by atoms with E-state index in [4.69, 9.17) is 14.2 Å². The van der Waals surface area contributed by atoms with Crippen molar-refractivity contribution in [1.29, 1.82) is 0 Å². The van der Waals surface area contributed by atoms with E-state index in [2.05, 4.69) is 14.9 Å². The summed E-state index contributed by atoms with van der Waals surface area (Å²) in [4.78, 5) is 40.7. The molecule has 4 aromatic rings. The van der Waals surface area contributed by atoms with Crippen molar-refractivity contribution in [2.75, 3.05) is 56.8 Å². The molecule has 3 heterocycles. The third kappa shape index (κ3) is 9.19. The van der Waals surface area contributed by atoms with Crippen molar-refractivity contribution in [3.05, 3.63) is 78.6 Å². The number of methoxy groups -OCH3 is 1. The van der Waals surface area contributed by atoms with E-state index in [1.165, 1.54) is 5.56 Å². The maximum Gasteiger partial charge on any atom is 0.242 e. The molecule has 0 bridgehead atoms. The van der Waals surface area contributed by atoms with Gasteiger partial charge in [-0.3, -0.25) is 19.5 Å². The zero-order chi connectivity index (χ0) is 32.0. The Hall–Kier alpha value is -3.83. The van der Waals surface area contributed by atoms with Crippen molar-refractivity contribution in [3.63, 3.8) is 0 Å². The van der Waals surface area contributed by atoms with Crippen LogP contribution in [0.1, 0.15) is 32.8 Å². The lowest BCUT2D eigenvalue weighted by Crippen LogP contribution is -2.47. The predicted octanol–water partition coefficient (Wildman–Crippen LogP) is 6.61. The van der Waals surface area contributed by atoms with Crippen LogP contribution in [0.25, 0.3) is 10.9 Å². The molecular formula is C35H44Cl3N5O5. The predicted molar refractivity (Wildman–Crippen MR) is 197 cm³/mol. The number of rotatable bonds is 13. The number of benzene rings is 2. The fourth-order valence-corrected chi connectivity index (χ4v) is 5.54. The van der Waals surface area contributed by atoms with Crippen LogP contribution in [-0.2, 0) is 16.1 Å². The van der Waals surface area contributed by atoms with Crippen molar-refractivity contribution in [2.24, 2.45) is 5.41 Å². The Bertz CT molecular complexity index is 1660. The van der Waals surface area contributed by atoms with E-state index in [0.29, 0.717) is 49.3 Å². The number of ether oxygens (including phenoxy) is 3. The molecule has 0 atom stereocenters. The maximum atomic E-state index is 13.2. The molecule has 0 aliphatic carbocycles. The largest absolute Gasteiger partial charge is 0.497 e. The van der Waals surface area contributed by atoms with Gasteiger partial charge in [0.1, 0.15) is 23.5 Å². The smallest absolute Gasteiger partial charge is 0.242 e. The van der Waals surface area contributed by atoms with E-state index < -0.39 is 5.41 Å². The fraction of sp³-hybridized carbons (Fsp3) is 0.371. The molecule has 2 aromatic carbocycles. The first-order chi connectivity index (χ1) is 21.7. The first-order valence-corrected chi connectivity index (χ1v) is 15.3. The van der Waals surface area contributed by atoms with Crippen LogP contribution in [0.3, 0.4) is 0 Å². The number of hydrogen-bond acceptors (Lipinski definition) is 8. The van der Waals surface area contributed by atoms with Crippen LogP contribution in [0.5, 0.6) is 17.4 Å². The Kier molecular flexibility index (Phi) is 15.2. The molecule has 0 unspecified atom stereocenters. The standard InChI is InChI=1S/C35H41N5O5.3ClH/c1-6-40-30-12-10-28(23-31(30)38(4)33(41)35(2,3)34(40)42)44-20-7-18-39(24-25-14-16-36-17-15-25)19-21-45-32-13-8-26-22-27(43-5)9-11-29(26)37-32;;;/h8-17,22-23H,6-7,18-21,24H2,1-5H3;3*1H. The first-order valence-electron chi connectivity index (χ1n) is 15.3. The minimum atomic E-state index is -1.15. The van der Waals surface area contributed by atoms with Crippen LogP contribution < -0.4 is 24.0 Å². The molecule has 0 saturated heterocycles. The van der Waals surface area contributed by atoms with Crippen LogP contribution in [0.15, 0.2) is 73.1 Å². The number of anilines is 2. The number of carbonyl (C=O) groups is 2. The van der Waals surface area contributed by atoms with Crippen LogP contribution >= 0.6 is 37.2 Å². The van der Waals surface area contributed by atoms with E-state index in [1.807, 2.05) is 67.6 Å². The Morgan fingerprint density at radius 3 is 2.25 bits per heavy atom. The van der Waals surface area contributed by atoms with Gasteiger partial charge in [0.05, 0.1) is 30.6 Å². The van der Waals surface area contributed by atoms with Crippen LogP contribution in [0.4, 0.5) is 11.4 Å². The van der Waals surface area contributed by atoms with Crippen LogP contribution in [0.2, 0.25) is 0 Å². The Balaban J connectivity index is 0.00000267. The van der Waals surface area contributed by atoms with Crippen molar-refractivity contribution in [1.82, 2.24) is 14.9 Å². The van der Waals surface area contributed by atoms with Gasteiger partial charge in [-0.2, -0.15) is 0 Å². The summed E-state index contributed by atoms with van der Waals surface area (Å²) in [6.45, 7) is 8.95. The third-order valence-electron chi connectivity index (χ3n) is 8.11. The molecule has 10 nitrogen and oxygen atoms in total. The zero-order valence-corrected chi connectivity index (χ0v) is 30.3. The maximum absolute atomic E-state index is 13.2. The second-order valence-electron chi connectivity index (χ2n) is 11.6. The lowest BCUT2D eigenvalue weighted by molar-refractivity contribution is -0.137. The van der Waals surface area contributed by atoms with Gasteiger partial charge in [-0.05, 0) is 81.3 Å². The molecule has 2 aromatic heterocycles. The molecule has 48 heavy (non-hydrogen) atoms. The highest BCUT2D eigenvalue weighted by Crippen LogP contribution is 2.40. The Morgan fingerprint density at radius 2 is 1.54 bits per heavy atom. The summed E-state index contributed by atoms with van der Waals surface area (Å²) in [6, 6.07) is 19.2. The van der Waals surface area contributed by atoms with E-state index in [9.17, 15) is 9.59 Å². The summed E-state index contributed by atoms with van der Waals surface area (Å²) in [5.41, 5.74) is 2.24. The van der Waals surface area contributed by atoms with Crippen molar-refractivity contribution < 1.29 is 23.8 Å². The van der Waals surface area contributed by atoms with Gasteiger partial charge >= 0.3 is 0 Å². The van der Waals surface area contributed by atoms with Crippen molar-refractivity contribution in [3.8, 4) is 17.4 Å². The number of fused-ring (bicyclic) bond motifs is 2. The number of carbonyl (C=O) groups excluding carboxylic acids is 2. The molecule has 0 spiro atoms. The second kappa shape index (κ2) is 18.1. The lowest BCUT2D eigenvalue weighted by Gasteiger charge is -2.27. The molecule has 0 saturated carbocycles. The van der Waals surface area contributed by atoms with Gasteiger partial charge in [0.25, 0.3) is 0 Å². The highest BCUT2D eigenvalue weighted by Gasteiger charge is 2.45. The van der Waals surface area contributed by atoms with Gasteiger partial charge in [-0.25, -0.2) is 4.98 Å². The van der Waals surface area contributed by atoms with Crippen molar-refractivity contribution >= 4 is 71.3 Å². The summed E-state index contributed by atoms with van der Waals surface area (Å²) in [6.07, 6.45) is 4.38. The summed E-state index contributed by atoms with van der Waals surface area (Å²) in [5, 5.41) is 0.994. The molecule has 0 radical (unpaired) electrons. The summed E-state index contributed by atoms with van der Waals surface area (Å²) in [7, 11) is 3.36. The van der Waals surface area contributed by atoms with Crippen LogP contribution in [0, 0.1) is 5.41 Å². The van der Waals surface area contributed by atoms with Gasteiger partial charge < -0.3 is 24.0 Å². The summed E-state index contributed by atoms with van der Waals surface area (Å²) < 4.78 is 17.5. The quantitative estimate of drug-likeness (QED) is 0.113. The molecule has 1 aliphatic heterocycles. The molecule has 2 amide bonds. The third-order valence-corrected chi connectivity index (χ3v) is 8.11. The number of hydrogen-bond donors (Lipinski definition) is 0. The van der Waals surface area contributed by atoms with Crippen LogP contribution in [-0.4, -0.2) is 73.7 Å². The average Bonchev–Trinajstić information content (AvgIpc) is 3.11. The first kappa shape index (κ1) is 40.3. The van der Waals surface area contributed by atoms with Gasteiger partial charge in [-0.1, -0.05) is 0 Å². The Morgan fingerprint density at radius 1 is 0.812 bits per heavy atom. The highest BCUT2D eigenvalue weighted by atomic mass is 35.5. The average molecular weight is 721 g/mol. The molecule has 260 valence electrons. The van der Waals surface area contributed by atoms with Gasteiger partial charge in [0, 0.05) is 63.1 Å². The highest BCUT2D eigenvalue weighted by molar-refractivity contribution is 6.20.